The third kappa shape index (κ3) is 7.86. The number of aliphatic hydroxyl groups is 1. The van der Waals surface area contributed by atoms with Crippen molar-refractivity contribution < 1.29 is 31.4 Å². The zero-order valence-electron chi connectivity index (χ0n) is 24.8. The highest BCUT2D eigenvalue weighted by Gasteiger charge is 2.40. The fourth-order valence-electron chi connectivity index (χ4n) is 5.20. The van der Waals surface area contributed by atoms with Gasteiger partial charge in [-0.1, -0.05) is 23.7 Å². The second-order valence-electron chi connectivity index (χ2n) is 11.5. The third-order valence-corrected chi connectivity index (χ3v) is 9.55. The number of H-pyrrole nitrogens is 1. The summed E-state index contributed by atoms with van der Waals surface area (Å²) in [6, 6.07) is 6.79. The summed E-state index contributed by atoms with van der Waals surface area (Å²) in [4.78, 5) is 13.8. The van der Waals surface area contributed by atoms with Crippen LogP contribution in [0.15, 0.2) is 49.1 Å². The zero-order valence-corrected chi connectivity index (χ0v) is 26.4. The van der Waals surface area contributed by atoms with E-state index in [0.717, 1.165) is 10.9 Å². The van der Waals surface area contributed by atoms with E-state index < -0.39 is 27.3 Å². The molecule has 1 saturated heterocycles. The molecule has 0 amide bonds. The Morgan fingerprint density at radius 2 is 1.76 bits per heavy atom. The molecule has 0 spiro atoms. The summed E-state index contributed by atoms with van der Waals surface area (Å²) >= 11 is 6.83. The molecule has 0 radical (unpaired) electrons. The van der Waals surface area contributed by atoms with Gasteiger partial charge in [-0.2, -0.15) is 18.3 Å². The molecule has 10 nitrogen and oxygen atoms in total. The fraction of sp³-hybridized carbons (Fsp3) is 0.433. The zero-order chi connectivity index (χ0) is 32.4. The van der Waals surface area contributed by atoms with E-state index in [1.54, 1.807) is 30.5 Å². The van der Waals surface area contributed by atoms with Gasteiger partial charge >= 0.3 is 6.18 Å². The van der Waals surface area contributed by atoms with Crippen LogP contribution < -0.4 is 4.74 Å². The Morgan fingerprint density at radius 1 is 1.04 bits per heavy atom. The van der Waals surface area contributed by atoms with Gasteiger partial charge in [-0.05, 0) is 38.8 Å². The number of hydrogen-bond donors (Lipinski definition) is 2. The fourth-order valence-corrected chi connectivity index (χ4v) is 6.76. The van der Waals surface area contributed by atoms with Crippen molar-refractivity contribution in [3.05, 3.63) is 59.8 Å². The Bertz CT molecular complexity index is 1720. The molecule has 5 rings (SSSR count). The molecule has 4 aromatic rings. The largest absolute Gasteiger partial charge is 0.492 e. The van der Waals surface area contributed by atoms with Crippen molar-refractivity contribution in [2.75, 3.05) is 37.7 Å². The van der Waals surface area contributed by atoms with E-state index in [4.69, 9.17) is 16.3 Å². The van der Waals surface area contributed by atoms with Crippen LogP contribution in [0, 0.1) is 0 Å². The van der Waals surface area contributed by atoms with E-state index in [0.29, 0.717) is 55.1 Å². The minimum Gasteiger partial charge on any atom is -0.492 e. The monoisotopic (exact) mass is 666 g/mol. The molecule has 1 aliphatic heterocycles. The van der Waals surface area contributed by atoms with E-state index in [-0.39, 0.29) is 46.6 Å². The number of sulfone groups is 1. The number of rotatable bonds is 11. The molecule has 2 N–H and O–H groups in total. The van der Waals surface area contributed by atoms with Gasteiger partial charge in [0.15, 0.2) is 21.4 Å². The van der Waals surface area contributed by atoms with E-state index in [2.05, 4.69) is 25.0 Å². The Labute approximate surface area is 264 Å². The van der Waals surface area contributed by atoms with Crippen LogP contribution in [0.4, 0.5) is 13.2 Å². The van der Waals surface area contributed by atoms with Gasteiger partial charge in [0.1, 0.15) is 5.75 Å². The smallest absolute Gasteiger partial charge is 0.433 e. The normalized spacial score (nSPS) is 15.8. The maximum Gasteiger partial charge on any atom is 0.433 e. The summed E-state index contributed by atoms with van der Waals surface area (Å²) in [7, 11) is -2.95. The molecular weight excluding hydrogens is 633 g/mol. The highest BCUT2D eigenvalue weighted by molar-refractivity contribution is 7.91. The molecule has 0 atom stereocenters. The van der Waals surface area contributed by atoms with Crippen molar-refractivity contribution in [2.24, 2.45) is 0 Å². The molecule has 0 unspecified atom stereocenters. The van der Waals surface area contributed by atoms with Crippen LogP contribution in [0.5, 0.6) is 5.75 Å². The van der Waals surface area contributed by atoms with E-state index in [1.165, 1.54) is 26.2 Å². The Hall–Kier alpha value is -3.46. The number of aromatic amines is 1. The lowest BCUT2D eigenvalue weighted by atomic mass is 9.98. The number of aromatic nitrogens is 5. The maximum atomic E-state index is 14.5. The molecule has 45 heavy (non-hydrogen) atoms. The van der Waals surface area contributed by atoms with Crippen molar-refractivity contribution in [3.8, 4) is 39.5 Å². The topological polar surface area (TPSA) is 126 Å². The predicted molar refractivity (Wildman–Crippen MR) is 165 cm³/mol. The first-order valence-electron chi connectivity index (χ1n) is 14.4. The lowest BCUT2D eigenvalue weighted by molar-refractivity contribution is -0.144. The van der Waals surface area contributed by atoms with Crippen molar-refractivity contribution in [1.82, 2.24) is 29.6 Å². The summed E-state index contributed by atoms with van der Waals surface area (Å²) in [5.74, 6) is 0.889. The minimum absolute atomic E-state index is 0.0597. The molecule has 1 aliphatic rings. The average molecular weight is 667 g/mol. The van der Waals surface area contributed by atoms with E-state index in [9.17, 15) is 26.7 Å². The number of aryl methyl sites for hydroxylation is 1. The number of hydrogen-bond acceptors (Lipinski definition) is 8. The van der Waals surface area contributed by atoms with Crippen LogP contribution in [-0.4, -0.2) is 86.5 Å². The molecular formula is C30H34ClF3N6O4S. The number of nitrogens with one attached hydrogen (secondary N) is 1. The van der Waals surface area contributed by atoms with Gasteiger partial charge in [0.05, 0.1) is 46.2 Å². The molecule has 0 aliphatic carbocycles. The number of alkyl halides is 3. The lowest BCUT2D eigenvalue weighted by Crippen LogP contribution is -2.40. The molecule has 0 bridgehead atoms. The first kappa shape index (κ1) is 32.9. The Kier molecular flexibility index (Phi) is 9.59. The molecule has 242 valence electrons. The number of halogens is 4. The van der Waals surface area contributed by atoms with Crippen LogP contribution in [0.25, 0.3) is 33.8 Å². The Balaban J connectivity index is 1.46. The van der Waals surface area contributed by atoms with E-state index in [1.807, 2.05) is 0 Å². The van der Waals surface area contributed by atoms with Gasteiger partial charge in [0, 0.05) is 61.5 Å². The Morgan fingerprint density at radius 3 is 2.42 bits per heavy atom. The maximum absolute atomic E-state index is 14.5. The van der Waals surface area contributed by atoms with Gasteiger partial charge in [-0.15, -0.1) is 0 Å². The summed E-state index contributed by atoms with van der Waals surface area (Å²) in [6.07, 6.45) is 1.66. The van der Waals surface area contributed by atoms with Crippen LogP contribution in [0.3, 0.4) is 0 Å². The van der Waals surface area contributed by atoms with Crippen LogP contribution in [0.2, 0.25) is 5.02 Å². The highest BCUT2D eigenvalue weighted by Crippen LogP contribution is 2.46. The van der Waals surface area contributed by atoms with Gasteiger partial charge in [0.25, 0.3) is 0 Å². The lowest BCUT2D eigenvalue weighted by Gasteiger charge is -2.26. The molecule has 1 aromatic carbocycles. The van der Waals surface area contributed by atoms with Crippen molar-refractivity contribution in [2.45, 2.75) is 45.0 Å². The van der Waals surface area contributed by atoms with Crippen LogP contribution in [0.1, 0.15) is 32.4 Å². The molecule has 1 fully saturated rings. The molecule has 15 heteroatoms. The molecule has 4 heterocycles. The second kappa shape index (κ2) is 13.1. The molecule has 3 aromatic heterocycles. The summed E-state index contributed by atoms with van der Waals surface area (Å²) < 4.78 is 73.7. The summed E-state index contributed by atoms with van der Waals surface area (Å²) in [5.41, 5.74) is -0.945. The quantitative estimate of drug-likeness (QED) is 0.206. The van der Waals surface area contributed by atoms with Gasteiger partial charge < -0.3 is 19.7 Å². The number of benzene rings is 1. The van der Waals surface area contributed by atoms with Gasteiger partial charge in [-0.25, -0.2) is 18.4 Å². The van der Waals surface area contributed by atoms with Crippen molar-refractivity contribution in [1.29, 1.82) is 0 Å². The predicted octanol–water partition coefficient (Wildman–Crippen LogP) is 5.33. The third-order valence-electron chi connectivity index (χ3n) is 7.55. The van der Waals surface area contributed by atoms with Crippen LogP contribution >= 0.6 is 11.6 Å². The highest BCUT2D eigenvalue weighted by atomic mass is 35.5. The van der Waals surface area contributed by atoms with Gasteiger partial charge in [-0.3, -0.25) is 4.68 Å². The first-order valence-corrected chi connectivity index (χ1v) is 16.6. The molecule has 0 saturated carbocycles. The van der Waals surface area contributed by atoms with Crippen molar-refractivity contribution >= 4 is 21.4 Å². The van der Waals surface area contributed by atoms with E-state index >= 15 is 0 Å². The standard InChI is InChI=1S/C30H34ClF3N6O4S/c1-29(2,41)8-12-40-27(30(32,33)34)22(19-38-40)26-24(28-35-9-4-10-36-28)21(18-37-26)20-6-3-7-23(25(20)31)44-15-5-11-39-13-16-45(42,43)17-14-39/h3-4,6-7,9-10,18-19,37,41H,5,8,11-17H2,1-2H3. The number of ether oxygens (including phenoxy) is 1. The summed E-state index contributed by atoms with van der Waals surface area (Å²) in [5, 5.41) is 14.4. The van der Waals surface area contributed by atoms with Gasteiger partial charge in [0.2, 0.25) is 0 Å². The second-order valence-corrected chi connectivity index (χ2v) is 14.2. The summed E-state index contributed by atoms with van der Waals surface area (Å²) in [6.45, 7) is 4.90. The minimum atomic E-state index is -4.75. The van der Waals surface area contributed by atoms with Crippen molar-refractivity contribution in [3.63, 3.8) is 0 Å². The average Bonchev–Trinajstić information content (AvgIpc) is 3.60. The first-order chi connectivity index (χ1) is 21.2. The SMILES string of the molecule is CC(C)(O)CCn1ncc(-c2[nH]cc(-c3cccc(OCCCN4CCS(=O)(=O)CC4)c3Cl)c2-c2ncccn2)c1C(F)(F)F. The van der Waals surface area contributed by atoms with Crippen LogP contribution in [-0.2, 0) is 22.6 Å². The number of nitrogens with zero attached hydrogens (tertiary/aromatic N) is 5.